The average molecular weight is 544 g/mol. The number of nitrogens with one attached hydrogen (secondary N) is 1. The number of amides is 2. The van der Waals surface area contributed by atoms with Crippen LogP contribution in [0, 0.1) is 17.6 Å². The van der Waals surface area contributed by atoms with Crippen molar-refractivity contribution in [3.8, 4) is 0 Å². The highest BCUT2D eigenvalue weighted by Gasteiger charge is 2.67. The molecule has 1 fully saturated rings. The molecule has 1 aliphatic rings. The van der Waals surface area contributed by atoms with Crippen LogP contribution in [0.4, 0.5) is 20.2 Å². The lowest BCUT2D eigenvalue weighted by Gasteiger charge is -2.18. The maximum Gasteiger partial charge on any atom is 0.261 e. The minimum Gasteiger partial charge on any atom is -0.326 e. The Hall–Kier alpha value is -2.38. The first kappa shape index (κ1) is 24.7. The van der Waals surface area contributed by atoms with Gasteiger partial charge in [0.1, 0.15) is 16.0 Å². The lowest BCUT2D eigenvalue weighted by molar-refractivity contribution is -0.117. The SMILES string of the molecule is CN(C(=O)c1cc(NC(=O)[C@H]2[C@H](c3cc(Cl)cc(Cl)c3)C2(Cl)Cl)ccc1F)c1cccc(F)c1. The zero-order chi connectivity index (χ0) is 24.8. The normalized spacial score (nSPS) is 18.3. The third-order valence-electron chi connectivity index (χ3n) is 5.54. The van der Waals surface area contributed by atoms with Crippen LogP contribution >= 0.6 is 46.4 Å². The Bertz CT molecular complexity index is 1280. The fourth-order valence-corrected chi connectivity index (χ4v) is 5.16. The fourth-order valence-electron chi connectivity index (χ4n) is 3.79. The van der Waals surface area contributed by atoms with Gasteiger partial charge in [-0.1, -0.05) is 29.3 Å². The van der Waals surface area contributed by atoms with Gasteiger partial charge in [0.15, 0.2) is 0 Å². The number of carbonyl (C=O) groups excluding carboxylic acids is 2. The van der Waals surface area contributed by atoms with E-state index in [1.54, 1.807) is 18.2 Å². The van der Waals surface area contributed by atoms with Crippen molar-refractivity contribution < 1.29 is 18.4 Å². The van der Waals surface area contributed by atoms with Gasteiger partial charge in [-0.15, -0.1) is 23.2 Å². The van der Waals surface area contributed by atoms with Crippen molar-refractivity contribution in [2.24, 2.45) is 5.92 Å². The zero-order valence-electron chi connectivity index (χ0n) is 17.5. The standard InChI is InChI=1S/C24H16Cl4F2N2O2/c1-32(17-4-2-3-15(29)10-17)23(34)18-11-16(5-6-19(18)30)31-22(33)21-20(24(21,27)28)12-7-13(25)9-14(26)8-12/h2-11,20-21H,1H3,(H,31,33)/t20-,21+/m0/s1. The van der Waals surface area contributed by atoms with Crippen molar-refractivity contribution in [3.63, 3.8) is 0 Å². The van der Waals surface area contributed by atoms with Gasteiger partial charge in [0.05, 0.1) is 11.5 Å². The molecule has 1 saturated carbocycles. The number of nitrogens with zero attached hydrogens (tertiary/aromatic N) is 1. The van der Waals surface area contributed by atoms with Crippen LogP contribution in [0.2, 0.25) is 10.0 Å². The van der Waals surface area contributed by atoms with Crippen LogP contribution in [0.5, 0.6) is 0 Å². The molecule has 0 saturated heterocycles. The highest BCUT2D eigenvalue weighted by molar-refractivity contribution is 6.53. The van der Waals surface area contributed by atoms with E-state index in [-0.39, 0.29) is 16.9 Å². The number of carbonyl (C=O) groups is 2. The summed E-state index contributed by atoms with van der Waals surface area (Å²) in [5.74, 6) is -3.97. The van der Waals surface area contributed by atoms with Crippen molar-refractivity contribution in [2.75, 3.05) is 17.3 Å². The summed E-state index contributed by atoms with van der Waals surface area (Å²) in [7, 11) is 1.39. The molecule has 1 aliphatic carbocycles. The summed E-state index contributed by atoms with van der Waals surface area (Å²) in [6.07, 6.45) is 0. The molecular weight excluding hydrogens is 528 g/mol. The second-order valence-corrected chi connectivity index (χ2v) is 10.2. The van der Waals surface area contributed by atoms with E-state index in [1.165, 1.54) is 37.4 Å². The van der Waals surface area contributed by atoms with Gasteiger partial charge in [0.25, 0.3) is 5.91 Å². The summed E-state index contributed by atoms with van der Waals surface area (Å²) >= 11 is 24.8. The number of halogens is 6. The maximum absolute atomic E-state index is 14.5. The van der Waals surface area contributed by atoms with Gasteiger partial charge in [-0.2, -0.15) is 0 Å². The largest absolute Gasteiger partial charge is 0.326 e. The Labute approximate surface area is 214 Å². The van der Waals surface area contributed by atoms with Gasteiger partial charge in [-0.3, -0.25) is 9.59 Å². The molecule has 4 nitrogen and oxygen atoms in total. The lowest BCUT2D eigenvalue weighted by atomic mass is 10.1. The number of hydrogen-bond donors (Lipinski definition) is 1. The Morgan fingerprint density at radius 3 is 2.29 bits per heavy atom. The smallest absolute Gasteiger partial charge is 0.261 e. The molecule has 10 heteroatoms. The molecule has 2 atom stereocenters. The molecule has 0 heterocycles. The van der Waals surface area contributed by atoms with Gasteiger partial charge < -0.3 is 10.2 Å². The molecule has 1 N–H and O–H groups in total. The quantitative estimate of drug-likeness (QED) is 0.350. The van der Waals surface area contributed by atoms with E-state index < -0.39 is 39.6 Å². The van der Waals surface area contributed by atoms with Gasteiger partial charge in [0, 0.05) is 34.4 Å². The van der Waals surface area contributed by atoms with Crippen LogP contribution < -0.4 is 10.2 Å². The predicted molar refractivity (Wildman–Crippen MR) is 131 cm³/mol. The van der Waals surface area contributed by atoms with E-state index in [2.05, 4.69) is 5.32 Å². The third kappa shape index (κ3) is 4.86. The summed E-state index contributed by atoms with van der Waals surface area (Å²) < 4.78 is 26.6. The number of alkyl halides is 2. The second-order valence-electron chi connectivity index (χ2n) is 7.86. The minimum atomic E-state index is -1.39. The van der Waals surface area contributed by atoms with Gasteiger partial charge >= 0.3 is 0 Å². The molecule has 3 aromatic rings. The number of hydrogen-bond acceptors (Lipinski definition) is 2. The summed E-state index contributed by atoms with van der Waals surface area (Å²) in [6.45, 7) is 0. The Balaban J connectivity index is 1.54. The van der Waals surface area contributed by atoms with Crippen LogP contribution in [-0.4, -0.2) is 23.2 Å². The Morgan fingerprint density at radius 2 is 1.65 bits per heavy atom. The van der Waals surface area contributed by atoms with Crippen molar-refractivity contribution >= 4 is 69.6 Å². The zero-order valence-corrected chi connectivity index (χ0v) is 20.5. The lowest BCUT2D eigenvalue weighted by Crippen LogP contribution is -2.27. The molecule has 4 rings (SSSR count). The molecule has 0 unspecified atom stereocenters. The average Bonchev–Trinajstić information content (AvgIpc) is 3.35. The molecule has 2 amide bonds. The van der Waals surface area contributed by atoms with Crippen molar-refractivity contribution in [2.45, 2.75) is 10.3 Å². The highest BCUT2D eigenvalue weighted by Crippen LogP contribution is 2.65. The van der Waals surface area contributed by atoms with E-state index in [1.807, 2.05) is 0 Å². The highest BCUT2D eigenvalue weighted by atomic mass is 35.5. The summed E-state index contributed by atoms with van der Waals surface area (Å²) in [4.78, 5) is 26.9. The third-order valence-corrected chi connectivity index (χ3v) is 6.92. The summed E-state index contributed by atoms with van der Waals surface area (Å²) in [6, 6.07) is 13.7. The molecule has 34 heavy (non-hydrogen) atoms. The first-order valence-corrected chi connectivity index (χ1v) is 11.5. The van der Waals surface area contributed by atoms with E-state index >= 15 is 0 Å². The molecule has 0 radical (unpaired) electrons. The molecule has 176 valence electrons. The Kier molecular flexibility index (Phi) is 6.80. The summed E-state index contributed by atoms with van der Waals surface area (Å²) in [5, 5.41) is 3.38. The topological polar surface area (TPSA) is 49.4 Å². The van der Waals surface area contributed by atoms with E-state index in [0.29, 0.717) is 15.6 Å². The van der Waals surface area contributed by atoms with E-state index in [4.69, 9.17) is 46.4 Å². The minimum absolute atomic E-state index is 0.168. The van der Waals surface area contributed by atoms with Gasteiger partial charge in [-0.05, 0) is 60.2 Å². The first-order valence-electron chi connectivity index (χ1n) is 9.97. The summed E-state index contributed by atoms with van der Waals surface area (Å²) in [5.41, 5.74) is 0.714. The predicted octanol–water partition coefficient (Wildman–Crippen LogP) is 7.07. The van der Waals surface area contributed by atoms with Crippen LogP contribution in [0.25, 0.3) is 0 Å². The van der Waals surface area contributed by atoms with Crippen molar-refractivity contribution in [1.29, 1.82) is 0 Å². The number of anilines is 2. The van der Waals surface area contributed by atoms with Crippen molar-refractivity contribution in [3.05, 3.63) is 93.5 Å². The maximum atomic E-state index is 14.5. The van der Waals surface area contributed by atoms with E-state index in [0.717, 1.165) is 17.0 Å². The van der Waals surface area contributed by atoms with Crippen LogP contribution in [0.3, 0.4) is 0 Å². The first-order chi connectivity index (χ1) is 16.0. The van der Waals surface area contributed by atoms with Crippen molar-refractivity contribution in [1.82, 2.24) is 0 Å². The van der Waals surface area contributed by atoms with Gasteiger partial charge in [-0.25, -0.2) is 8.78 Å². The molecule has 0 bridgehead atoms. The fraction of sp³-hybridized carbons (Fsp3) is 0.167. The van der Waals surface area contributed by atoms with Gasteiger partial charge in [0.2, 0.25) is 5.91 Å². The van der Waals surface area contributed by atoms with Crippen LogP contribution in [-0.2, 0) is 4.79 Å². The molecular formula is C24H16Cl4F2N2O2. The second kappa shape index (κ2) is 9.34. The molecule has 0 spiro atoms. The number of rotatable bonds is 5. The monoisotopic (exact) mass is 542 g/mol. The van der Waals surface area contributed by atoms with Crippen LogP contribution in [0.1, 0.15) is 21.8 Å². The molecule has 0 aromatic heterocycles. The van der Waals surface area contributed by atoms with Crippen LogP contribution in [0.15, 0.2) is 60.7 Å². The van der Waals surface area contributed by atoms with E-state index in [9.17, 15) is 18.4 Å². The number of benzene rings is 3. The Morgan fingerprint density at radius 1 is 0.971 bits per heavy atom. The molecule has 3 aromatic carbocycles. The molecule has 0 aliphatic heterocycles.